The van der Waals surface area contributed by atoms with Gasteiger partial charge in [0.25, 0.3) is 0 Å². The van der Waals surface area contributed by atoms with Gasteiger partial charge in [-0.2, -0.15) is 23.4 Å². The molecule has 10 aromatic rings. The molecule has 466 valence electrons. The number of halogens is 10. The first-order chi connectivity index (χ1) is 42.8. The fraction of sp³-hybridized carbons (Fsp3) is 0.177. The number of rotatable bonds is 11. The second kappa shape index (κ2) is 32.0. The number of ether oxygens (including phenoxy) is 1. The molecule has 90 heavy (non-hydrogen) atoms. The molecule has 18 nitrogen and oxygen atoms in total. The lowest BCUT2D eigenvalue weighted by Crippen LogP contribution is -2.09. The summed E-state index contributed by atoms with van der Waals surface area (Å²) in [4.78, 5) is 40.3. The first kappa shape index (κ1) is 69.4. The van der Waals surface area contributed by atoms with Gasteiger partial charge >= 0.3 is 6.18 Å². The topological polar surface area (TPSA) is 304 Å². The highest BCUT2D eigenvalue weighted by Gasteiger charge is 2.34. The second-order valence-corrected chi connectivity index (χ2v) is 20.3. The fourth-order valence-electron chi connectivity index (χ4n) is 8.06. The van der Waals surface area contributed by atoms with Crippen LogP contribution in [0.15, 0.2) is 121 Å². The summed E-state index contributed by atoms with van der Waals surface area (Å²) in [6, 6.07) is 31.7. The van der Waals surface area contributed by atoms with Crippen molar-refractivity contribution in [3.63, 3.8) is 0 Å². The molecular formula is C62H57Cl4F6N17O. The molecule has 0 unspecified atom stereocenters. The highest BCUT2D eigenvalue weighted by molar-refractivity contribution is 6.35. The lowest BCUT2D eigenvalue weighted by atomic mass is 10.0. The lowest BCUT2D eigenvalue weighted by Gasteiger charge is -2.13. The van der Waals surface area contributed by atoms with E-state index in [4.69, 9.17) is 85.1 Å². The van der Waals surface area contributed by atoms with Crippen LogP contribution >= 0.6 is 46.4 Å². The third-order valence-electron chi connectivity index (χ3n) is 12.4. The van der Waals surface area contributed by atoms with Crippen LogP contribution in [0, 0.1) is 28.8 Å². The summed E-state index contributed by atoms with van der Waals surface area (Å²) >= 11 is 24.1. The Morgan fingerprint density at radius 1 is 0.456 bits per heavy atom. The number of nitrogen functional groups attached to an aromatic ring is 5. The van der Waals surface area contributed by atoms with E-state index >= 15 is 0 Å². The molecule has 0 saturated heterocycles. The summed E-state index contributed by atoms with van der Waals surface area (Å²) < 4.78 is 84.7. The van der Waals surface area contributed by atoms with E-state index in [0.29, 0.717) is 72.9 Å². The highest BCUT2D eigenvalue weighted by atomic mass is 35.5. The molecule has 0 saturated carbocycles. The Morgan fingerprint density at radius 3 is 1.28 bits per heavy atom. The number of benzene rings is 5. The van der Waals surface area contributed by atoms with Gasteiger partial charge in [-0.3, -0.25) is 0 Å². The number of nitrogens with two attached hydrogens (primary N) is 5. The van der Waals surface area contributed by atoms with Crippen molar-refractivity contribution >= 4 is 82.0 Å². The molecule has 0 aliphatic carbocycles. The van der Waals surface area contributed by atoms with Crippen molar-refractivity contribution in [3.8, 4) is 68.1 Å². The Bertz CT molecular complexity index is 4100. The zero-order valence-electron chi connectivity index (χ0n) is 48.9. The first-order valence-corrected chi connectivity index (χ1v) is 28.5. The van der Waals surface area contributed by atoms with E-state index in [1.54, 1.807) is 49.6 Å². The summed E-state index contributed by atoms with van der Waals surface area (Å²) in [5.74, 6) is -0.109. The van der Waals surface area contributed by atoms with Crippen LogP contribution in [0.4, 0.5) is 61.9 Å². The van der Waals surface area contributed by atoms with Gasteiger partial charge in [0.15, 0.2) is 0 Å². The SMILES string of the molecule is CCc1cc(-c2cc(C#N)ccc2F)nc(N)n1.CCc1cc(-c2cc(Cl)ccc2Cl)nc(N)n1.CCc1cc(-c2cc(Cl)ccc2F)nc(N)n1.CCc1cc(-c2cc(OC)ccc2Cl)nc(N)n1.CNc1cc(-c2cc(F)ccc2C(F)(F)F)nc(N)n1. The number of hydrogen-bond donors (Lipinski definition) is 6. The fourth-order valence-corrected chi connectivity index (χ4v) is 8.83. The zero-order chi connectivity index (χ0) is 66.0. The molecule has 28 heteroatoms. The third kappa shape index (κ3) is 19.4. The maximum Gasteiger partial charge on any atom is 0.417 e. The van der Waals surface area contributed by atoms with Crippen molar-refractivity contribution in [2.24, 2.45) is 0 Å². The van der Waals surface area contributed by atoms with E-state index in [2.05, 4.69) is 55.2 Å². The van der Waals surface area contributed by atoms with Crippen LogP contribution in [0.2, 0.25) is 20.1 Å². The molecule has 5 aromatic heterocycles. The van der Waals surface area contributed by atoms with Crippen molar-refractivity contribution in [2.45, 2.75) is 59.6 Å². The van der Waals surface area contributed by atoms with Gasteiger partial charge in [-0.25, -0.2) is 58.0 Å². The summed E-state index contributed by atoms with van der Waals surface area (Å²) in [5.41, 5.74) is 34.5. The smallest absolute Gasteiger partial charge is 0.417 e. The molecule has 0 fully saturated rings. The van der Waals surface area contributed by atoms with Gasteiger partial charge in [0.1, 0.15) is 29.0 Å². The van der Waals surface area contributed by atoms with E-state index in [0.717, 1.165) is 64.6 Å². The lowest BCUT2D eigenvalue weighted by molar-refractivity contribution is -0.137. The van der Waals surface area contributed by atoms with Crippen LogP contribution in [0.25, 0.3) is 56.3 Å². The molecule has 0 amide bonds. The second-order valence-electron chi connectivity index (χ2n) is 18.7. The Morgan fingerprint density at radius 2 is 0.844 bits per heavy atom. The average molecular weight is 1310 g/mol. The number of nitrogens with one attached hydrogen (secondary N) is 1. The number of hydrogen-bond acceptors (Lipinski definition) is 18. The average Bonchev–Trinajstić information content (AvgIpc) is 2.17. The zero-order valence-corrected chi connectivity index (χ0v) is 51.9. The van der Waals surface area contributed by atoms with E-state index in [-0.39, 0.29) is 58.2 Å². The van der Waals surface area contributed by atoms with Crippen LogP contribution in [-0.2, 0) is 31.9 Å². The molecule has 0 aliphatic heterocycles. The molecule has 0 radical (unpaired) electrons. The van der Waals surface area contributed by atoms with Gasteiger partial charge in [-0.1, -0.05) is 74.1 Å². The number of anilines is 6. The van der Waals surface area contributed by atoms with E-state index in [1.807, 2.05) is 52.0 Å². The van der Waals surface area contributed by atoms with Crippen molar-refractivity contribution in [3.05, 3.63) is 193 Å². The number of aryl methyl sites for hydroxylation is 4. The van der Waals surface area contributed by atoms with Gasteiger partial charge < -0.3 is 38.7 Å². The van der Waals surface area contributed by atoms with Gasteiger partial charge in [0.05, 0.1) is 62.8 Å². The van der Waals surface area contributed by atoms with Gasteiger partial charge in [0.2, 0.25) is 29.7 Å². The molecule has 11 N–H and O–H groups in total. The van der Waals surface area contributed by atoms with Crippen LogP contribution in [0.3, 0.4) is 0 Å². The van der Waals surface area contributed by atoms with Crippen LogP contribution in [0.5, 0.6) is 5.75 Å². The number of aromatic nitrogens is 10. The van der Waals surface area contributed by atoms with Gasteiger partial charge in [0, 0.05) is 73.8 Å². The first-order valence-electron chi connectivity index (χ1n) is 27.0. The Hall–Kier alpha value is -9.67. The molecule has 5 heterocycles. The van der Waals surface area contributed by atoms with Crippen molar-refractivity contribution < 1.29 is 31.1 Å². The molecule has 5 aromatic carbocycles. The van der Waals surface area contributed by atoms with Crippen LogP contribution in [0.1, 0.15) is 61.6 Å². The maximum absolute atomic E-state index is 13.7. The molecule has 10 rings (SSSR count). The Balaban J connectivity index is 0.000000179. The van der Waals surface area contributed by atoms with Crippen molar-refractivity contribution in [2.75, 3.05) is 48.1 Å². The van der Waals surface area contributed by atoms with Crippen molar-refractivity contribution in [1.29, 1.82) is 5.26 Å². The number of alkyl halides is 3. The van der Waals surface area contributed by atoms with E-state index in [9.17, 15) is 26.3 Å². The summed E-state index contributed by atoms with van der Waals surface area (Å²) in [6.45, 7) is 7.89. The summed E-state index contributed by atoms with van der Waals surface area (Å²) in [7, 11) is 3.14. The monoisotopic (exact) mass is 1310 g/mol. The maximum atomic E-state index is 13.7. The predicted molar refractivity (Wildman–Crippen MR) is 343 cm³/mol. The minimum absolute atomic E-state index is 0.103. The quantitative estimate of drug-likeness (QED) is 0.0656. The van der Waals surface area contributed by atoms with Crippen molar-refractivity contribution in [1.82, 2.24) is 49.8 Å². The molecule has 0 spiro atoms. The van der Waals surface area contributed by atoms with Gasteiger partial charge in [-0.05, 0) is 141 Å². The molecular weight excluding hydrogens is 1250 g/mol. The van der Waals surface area contributed by atoms with E-state index < -0.39 is 23.4 Å². The summed E-state index contributed by atoms with van der Waals surface area (Å²) in [6.07, 6.45) is -1.65. The normalized spacial score (nSPS) is 10.6. The Labute approximate surface area is 534 Å². The number of nitrogens with zero attached hydrogens (tertiary/aromatic N) is 11. The minimum atomic E-state index is -4.62. The highest BCUT2D eigenvalue weighted by Crippen LogP contribution is 2.38. The molecule has 0 atom stereocenters. The minimum Gasteiger partial charge on any atom is -0.497 e. The standard InChI is InChI=1S/C13H14ClN3O.C13H11FN4.C12H11Cl2N3.C12H11ClFN3.C12H10F4N4/c1-3-8-6-12(17-13(15)16-8)10-7-9(18-2)4-5-11(10)14;1-2-9-6-12(18-13(16)17-9)10-5-8(7-15)3-4-11(10)14;2*1-2-8-6-11(17-12(15)16-8)9-5-7(13)3-4-10(9)14;1-18-10-5-9(19-11(17)20-10)7-4-6(13)2-3-8(7)12(14,15)16/h4-7H,3H2,1-2H3,(H2,15,16,17);3-6H,2H2,1H3,(H2,16,17,18);2*3-6H,2H2,1H3,(H2,15,16,17);2-5H,1H3,(H3,17,18,19,20). The van der Waals surface area contributed by atoms with Crippen LogP contribution < -0.4 is 38.7 Å². The Kier molecular flexibility index (Phi) is 24.7. The van der Waals surface area contributed by atoms with E-state index in [1.165, 1.54) is 49.5 Å². The third-order valence-corrected chi connectivity index (χ3v) is 13.6. The molecule has 0 aliphatic rings. The largest absolute Gasteiger partial charge is 0.497 e. The number of nitriles is 1. The summed E-state index contributed by atoms with van der Waals surface area (Å²) in [5, 5.41) is 13.7. The van der Waals surface area contributed by atoms with Crippen LogP contribution in [-0.4, -0.2) is 64.0 Å². The number of methoxy groups -OCH3 is 1. The van der Waals surface area contributed by atoms with Gasteiger partial charge in [-0.15, -0.1) is 0 Å². The molecule has 0 bridgehead atoms. The predicted octanol–water partition coefficient (Wildman–Crippen LogP) is 14.9.